The highest BCUT2D eigenvalue weighted by Crippen LogP contribution is 2.28. The van der Waals surface area contributed by atoms with Gasteiger partial charge in [-0.2, -0.15) is 0 Å². The second-order valence-corrected chi connectivity index (χ2v) is 4.82. The first kappa shape index (κ1) is 15.9. The lowest BCUT2D eigenvalue weighted by Gasteiger charge is -2.39. The molecular weight excluding hydrogens is 238 g/mol. The Balaban J connectivity index is 2.95. The Hall–Kier alpha value is -1.13. The highest BCUT2D eigenvalue weighted by molar-refractivity contribution is 5.44. The van der Waals surface area contributed by atoms with Crippen molar-refractivity contribution in [3.8, 4) is 0 Å². The predicted molar refractivity (Wildman–Crippen MR) is 80.1 cm³/mol. The molecule has 0 radical (unpaired) electrons. The normalized spacial score (nSPS) is 13.5. The van der Waals surface area contributed by atoms with Crippen LogP contribution in [0.15, 0.2) is 18.5 Å². The maximum absolute atomic E-state index is 6.07. The molecule has 1 aromatic rings. The Morgan fingerprint density at radius 1 is 1.37 bits per heavy atom. The summed E-state index contributed by atoms with van der Waals surface area (Å²) in [6.07, 6.45) is 6.36. The van der Waals surface area contributed by atoms with Gasteiger partial charge in [0.05, 0.1) is 5.60 Å². The van der Waals surface area contributed by atoms with Gasteiger partial charge in [-0.1, -0.05) is 13.8 Å². The number of hydrogen-bond donors (Lipinski definition) is 2. The topological polar surface area (TPSA) is 60.2 Å². The maximum atomic E-state index is 6.07. The Kier molecular flexibility index (Phi) is 6.25. The van der Waals surface area contributed by atoms with Crippen LogP contribution >= 0.6 is 0 Å². The average molecular weight is 265 g/mol. The van der Waals surface area contributed by atoms with Gasteiger partial charge in [0.2, 0.25) is 0 Å². The molecule has 0 aliphatic heterocycles. The van der Waals surface area contributed by atoms with Gasteiger partial charge in [-0.25, -0.2) is 0 Å². The summed E-state index contributed by atoms with van der Waals surface area (Å²) in [6, 6.07) is 2.08. The van der Waals surface area contributed by atoms with E-state index in [1.54, 1.807) is 6.20 Å². The zero-order valence-corrected chi connectivity index (χ0v) is 12.6. The summed E-state index contributed by atoms with van der Waals surface area (Å²) in [5, 5.41) is 3.40. The molecule has 0 aliphatic rings. The molecular formula is C15H27N3O. The van der Waals surface area contributed by atoms with Crippen LogP contribution in [0.25, 0.3) is 0 Å². The predicted octanol–water partition coefficient (Wildman–Crippen LogP) is 2.39. The Morgan fingerprint density at radius 2 is 2.05 bits per heavy atom. The molecule has 0 saturated carbocycles. The molecule has 19 heavy (non-hydrogen) atoms. The Labute approximate surface area is 116 Å². The second kappa shape index (κ2) is 7.46. The molecule has 0 fully saturated rings. The quantitative estimate of drug-likeness (QED) is 0.757. The molecule has 0 spiro atoms. The number of rotatable bonds is 8. The minimum atomic E-state index is -0.147. The fraction of sp³-hybridized carbons (Fsp3) is 0.667. The number of nitrogens with zero attached hydrogens (tertiary/aromatic N) is 1. The molecule has 0 amide bonds. The average Bonchev–Trinajstić information content (AvgIpc) is 2.44. The summed E-state index contributed by atoms with van der Waals surface area (Å²) in [4.78, 5) is 4.16. The largest absolute Gasteiger partial charge is 0.398 e. The molecule has 108 valence electrons. The molecule has 4 nitrogen and oxygen atoms in total. The molecule has 1 aromatic heterocycles. The van der Waals surface area contributed by atoms with Crippen molar-refractivity contribution in [3.05, 3.63) is 24.0 Å². The zero-order valence-electron chi connectivity index (χ0n) is 12.6. The van der Waals surface area contributed by atoms with Crippen molar-refractivity contribution in [1.82, 2.24) is 10.3 Å². The van der Waals surface area contributed by atoms with Crippen LogP contribution in [-0.4, -0.2) is 30.3 Å². The van der Waals surface area contributed by atoms with Crippen LogP contribution in [-0.2, 0) is 11.2 Å². The number of aromatic nitrogens is 1. The Bertz CT molecular complexity index is 377. The molecule has 3 N–H and O–H groups in total. The molecule has 0 aliphatic carbocycles. The maximum Gasteiger partial charge on any atom is 0.0832 e. The van der Waals surface area contributed by atoms with Crippen molar-refractivity contribution >= 4 is 5.69 Å². The van der Waals surface area contributed by atoms with E-state index in [2.05, 4.69) is 24.1 Å². The molecule has 0 aromatic carbocycles. The number of likely N-dealkylation sites (N-methyl/N-ethyl adjacent to an activating group) is 1. The molecule has 0 bridgehead atoms. The lowest BCUT2D eigenvalue weighted by atomic mass is 9.84. The lowest BCUT2D eigenvalue weighted by Crippen LogP contribution is -2.52. The van der Waals surface area contributed by atoms with E-state index < -0.39 is 0 Å². The van der Waals surface area contributed by atoms with Crippen LogP contribution in [0.1, 0.15) is 39.2 Å². The second-order valence-electron chi connectivity index (χ2n) is 4.82. The van der Waals surface area contributed by atoms with E-state index >= 15 is 0 Å². The minimum Gasteiger partial charge on any atom is -0.398 e. The van der Waals surface area contributed by atoms with E-state index in [0.29, 0.717) is 0 Å². The van der Waals surface area contributed by atoms with Gasteiger partial charge >= 0.3 is 0 Å². The standard InChI is InChI=1S/C15H27N3O/c1-5-15(6-2,19-7-3)14(17-4)10-12-11-18-9-8-13(12)16/h8-9,11,14,17H,5-7,10H2,1-4H3,(H2,16,18). The summed E-state index contributed by atoms with van der Waals surface area (Å²) in [5.41, 5.74) is 7.74. The van der Waals surface area contributed by atoms with Gasteiger partial charge < -0.3 is 15.8 Å². The first-order chi connectivity index (χ1) is 9.13. The fourth-order valence-corrected chi connectivity index (χ4v) is 2.71. The first-order valence-corrected chi connectivity index (χ1v) is 7.13. The van der Waals surface area contributed by atoms with E-state index in [0.717, 1.165) is 37.1 Å². The van der Waals surface area contributed by atoms with Crippen molar-refractivity contribution in [1.29, 1.82) is 0 Å². The molecule has 1 unspecified atom stereocenters. The van der Waals surface area contributed by atoms with Gasteiger partial charge in [-0.15, -0.1) is 0 Å². The SMILES string of the molecule is CCOC(CC)(CC)C(Cc1cnccc1N)NC. The van der Waals surface area contributed by atoms with Crippen molar-refractivity contribution in [2.24, 2.45) is 0 Å². The van der Waals surface area contributed by atoms with Crippen LogP contribution in [0.2, 0.25) is 0 Å². The van der Waals surface area contributed by atoms with Gasteiger partial charge in [0.1, 0.15) is 0 Å². The smallest absolute Gasteiger partial charge is 0.0832 e. The summed E-state index contributed by atoms with van der Waals surface area (Å²) < 4.78 is 6.07. The van der Waals surface area contributed by atoms with Crippen molar-refractivity contribution in [2.45, 2.75) is 51.7 Å². The van der Waals surface area contributed by atoms with Crippen molar-refractivity contribution in [3.63, 3.8) is 0 Å². The van der Waals surface area contributed by atoms with E-state index in [1.807, 2.05) is 26.2 Å². The molecule has 1 rings (SSSR count). The number of pyridine rings is 1. The molecule has 4 heteroatoms. The van der Waals surface area contributed by atoms with Gasteiger partial charge in [0.15, 0.2) is 0 Å². The van der Waals surface area contributed by atoms with Gasteiger partial charge in [-0.3, -0.25) is 4.98 Å². The summed E-state index contributed by atoms with van der Waals surface area (Å²) in [5.74, 6) is 0. The van der Waals surface area contributed by atoms with Crippen LogP contribution in [0.3, 0.4) is 0 Å². The van der Waals surface area contributed by atoms with E-state index in [-0.39, 0.29) is 11.6 Å². The zero-order chi connectivity index (χ0) is 14.3. The van der Waals surface area contributed by atoms with Gasteiger partial charge in [0.25, 0.3) is 0 Å². The summed E-state index contributed by atoms with van der Waals surface area (Å²) in [6.45, 7) is 7.12. The number of anilines is 1. The highest BCUT2D eigenvalue weighted by atomic mass is 16.5. The van der Waals surface area contributed by atoms with Crippen molar-refractivity contribution in [2.75, 3.05) is 19.4 Å². The summed E-state index contributed by atoms with van der Waals surface area (Å²) >= 11 is 0. The van der Waals surface area contributed by atoms with Crippen LogP contribution in [0, 0.1) is 0 Å². The van der Waals surface area contributed by atoms with Crippen LogP contribution in [0.4, 0.5) is 5.69 Å². The monoisotopic (exact) mass is 265 g/mol. The first-order valence-electron chi connectivity index (χ1n) is 7.13. The van der Waals surface area contributed by atoms with E-state index in [1.165, 1.54) is 0 Å². The van der Waals surface area contributed by atoms with Crippen LogP contribution < -0.4 is 11.1 Å². The number of ether oxygens (including phenoxy) is 1. The summed E-state index contributed by atoms with van der Waals surface area (Å²) in [7, 11) is 1.98. The number of nitrogen functional groups attached to an aromatic ring is 1. The van der Waals surface area contributed by atoms with Crippen LogP contribution in [0.5, 0.6) is 0 Å². The number of nitrogens with two attached hydrogens (primary N) is 1. The minimum absolute atomic E-state index is 0.147. The van der Waals surface area contributed by atoms with Gasteiger partial charge in [-0.05, 0) is 44.9 Å². The third-order valence-corrected chi connectivity index (χ3v) is 3.98. The van der Waals surface area contributed by atoms with E-state index in [4.69, 9.17) is 10.5 Å². The fourth-order valence-electron chi connectivity index (χ4n) is 2.71. The molecule has 0 saturated heterocycles. The third kappa shape index (κ3) is 3.67. The Morgan fingerprint density at radius 3 is 2.53 bits per heavy atom. The van der Waals surface area contributed by atoms with E-state index in [9.17, 15) is 0 Å². The lowest BCUT2D eigenvalue weighted by molar-refractivity contribution is -0.0703. The van der Waals surface area contributed by atoms with Gasteiger partial charge in [0, 0.05) is 30.7 Å². The van der Waals surface area contributed by atoms with Crippen molar-refractivity contribution < 1.29 is 4.74 Å². The molecule has 1 heterocycles. The highest BCUT2D eigenvalue weighted by Gasteiger charge is 2.35. The number of hydrogen-bond acceptors (Lipinski definition) is 4. The molecule has 1 atom stereocenters. The number of nitrogens with one attached hydrogen (secondary N) is 1. The third-order valence-electron chi connectivity index (χ3n) is 3.98.